The predicted octanol–water partition coefficient (Wildman–Crippen LogP) is 0.763. The fourth-order valence-corrected chi connectivity index (χ4v) is 5.81. The topological polar surface area (TPSA) is 131 Å². The summed E-state index contributed by atoms with van der Waals surface area (Å²) in [7, 11) is 0. The van der Waals surface area contributed by atoms with Crippen molar-refractivity contribution < 1.29 is 34.2 Å². The first-order chi connectivity index (χ1) is 12.5. The second kappa shape index (κ2) is 21.1. The van der Waals surface area contributed by atoms with Crippen molar-refractivity contribution in [3.63, 3.8) is 0 Å². The van der Waals surface area contributed by atoms with Crippen LogP contribution in [0.15, 0.2) is 0 Å². The third-order valence-corrected chi connectivity index (χ3v) is 7.27. The van der Waals surface area contributed by atoms with Crippen molar-refractivity contribution in [3.05, 3.63) is 0 Å². The van der Waals surface area contributed by atoms with Gasteiger partial charge in [-0.15, -0.1) is 0 Å². The van der Waals surface area contributed by atoms with Gasteiger partial charge in [-0.1, -0.05) is 6.92 Å². The molecule has 1 unspecified atom stereocenters. The number of hydrogen-bond donors (Lipinski definition) is 0. The number of carboxylic acid groups (broad SMARTS) is 2. The molecule has 0 aromatic heterocycles. The molecule has 27 heavy (non-hydrogen) atoms. The predicted molar refractivity (Wildman–Crippen MR) is 100.0 cm³/mol. The molecule has 0 rings (SSSR count). The van der Waals surface area contributed by atoms with E-state index in [4.69, 9.17) is 0 Å². The minimum atomic E-state index is -1.80. The first-order valence-electron chi connectivity index (χ1n) is 9.20. The van der Waals surface area contributed by atoms with E-state index in [0.29, 0.717) is 6.42 Å². The Bertz CT molecular complexity index is 441. The van der Waals surface area contributed by atoms with Gasteiger partial charge in [0.15, 0.2) is 5.78 Å². The van der Waals surface area contributed by atoms with Crippen LogP contribution in [-0.2, 0) is 24.0 Å². The fraction of sp³-hybridized carbons (Fsp3) is 0.737. The quantitative estimate of drug-likeness (QED) is 0.171. The van der Waals surface area contributed by atoms with Gasteiger partial charge in [0.25, 0.3) is 0 Å². The van der Waals surface area contributed by atoms with Crippen molar-refractivity contribution >= 4 is 50.4 Å². The summed E-state index contributed by atoms with van der Waals surface area (Å²) in [5.41, 5.74) is 0. The van der Waals surface area contributed by atoms with Crippen molar-refractivity contribution in [2.45, 2.75) is 82.0 Å². The molecule has 8 heteroatoms. The number of carbonyl (C=O) groups is 5. The summed E-state index contributed by atoms with van der Waals surface area (Å²) in [4.78, 5) is 50.2. The SMILES string of the molecule is CC(=O)CC(=O)C(=O)[O-].CCC(C(C)=O)C(=O)[O-].CCC[CH2][Sn+2][CH2]CCC. The molecule has 0 aliphatic carbocycles. The maximum absolute atomic E-state index is 10.4. The summed E-state index contributed by atoms with van der Waals surface area (Å²) in [5, 5.41) is 19.7. The van der Waals surface area contributed by atoms with Crippen LogP contribution in [0.4, 0.5) is 0 Å². The third-order valence-electron chi connectivity index (χ3n) is 3.23. The Morgan fingerprint density at radius 1 is 0.852 bits per heavy atom. The summed E-state index contributed by atoms with van der Waals surface area (Å²) < 4.78 is 3.25. The zero-order chi connectivity index (χ0) is 21.8. The number of Topliss-reactive ketones (excluding diaryl/α,β-unsaturated/α-hetero) is 3. The van der Waals surface area contributed by atoms with Gasteiger partial charge in [-0.05, 0) is 20.3 Å². The van der Waals surface area contributed by atoms with E-state index in [9.17, 15) is 34.2 Å². The van der Waals surface area contributed by atoms with Crippen molar-refractivity contribution in [2.24, 2.45) is 5.92 Å². The molecule has 1 atom stereocenters. The van der Waals surface area contributed by atoms with E-state index >= 15 is 0 Å². The van der Waals surface area contributed by atoms with Gasteiger partial charge in [0.1, 0.15) is 17.5 Å². The van der Waals surface area contributed by atoms with Crippen LogP contribution >= 0.6 is 0 Å². The molecule has 154 valence electrons. The molecule has 0 radical (unpaired) electrons. The Kier molecular flexibility index (Phi) is 23.8. The standard InChI is InChI=1S/C6H10O3.C5H6O4.2C4H9.Sn/c1-3-5(4(2)7)6(8)9;1-3(6)2-4(7)5(8)9;2*1-3-4-2;/h5H,3H2,1-2H3,(H,8,9);2H2,1H3,(H,8,9);2*1,3-4H2,2H3;/q;;;;+2/p-2. The van der Waals surface area contributed by atoms with E-state index in [-0.39, 0.29) is 26.9 Å². The molecule has 0 saturated heterocycles. The van der Waals surface area contributed by atoms with Crippen LogP contribution in [0.1, 0.15) is 73.1 Å². The number of unbranched alkanes of at least 4 members (excludes halogenated alkanes) is 2. The molecule has 0 N–H and O–H groups in total. The summed E-state index contributed by atoms with van der Waals surface area (Å²) in [5.74, 6) is -5.95. The molecule has 0 heterocycles. The van der Waals surface area contributed by atoms with E-state index in [1.807, 2.05) is 0 Å². The van der Waals surface area contributed by atoms with Crippen LogP contribution in [0.5, 0.6) is 0 Å². The average molecular weight is 491 g/mol. The van der Waals surface area contributed by atoms with Crippen molar-refractivity contribution in [1.29, 1.82) is 0 Å². The molecule has 0 fully saturated rings. The molecular weight excluding hydrogens is 459 g/mol. The summed E-state index contributed by atoms with van der Waals surface area (Å²) in [6.45, 7) is 8.62. The molecule has 0 bridgehead atoms. The van der Waals surface area contributed by atoms with Crippen LogP contribution in [0.3, 0.4) is 0 Å². The molecule has 0 amide bonds. The van der Waals surface area contributed by atoms with Gasteiger partial charge in [-0.25, -0.2) is 0 Å². The zero-order valence-corrected chi connectivity index (χ0v) is 19.9. The maximum atomic E-state index is 10.4. The Balaban J connectivity index is -0.000000320. The van der Waals surface area contributed by atoms with Gasteiger partial charge >= 0.3 is 69.5 Å². The van der Waals surface area contributed by atoms with Crippen molar-refractivity contribution in [2.75, 3.05) is 0 Å². The number of carbonyl (C=O) groups excluding carboxylic acids is 5. The molecule has 0 aliphatic rings. The van der Waals surface area contributed by atoms with E-state index in [2.05, 4.69) is 13.8 Å². The summed E-state index contributed by atoms with van der Waals surface area (Å²) in [6, 6.07) is 0. The minimum absolute atomic E-state index is 0.149. The van der Waals surface area contributed by atoms with Crippen LogP contribution in [-0.4, -0.2) is 50.4 Å². The average Bonchev–Trinajstić information content (AvgIpc) is 2.55. The molecule has 0 saturated carbocycles. The normalized spacial score (nSPS) is 10.1. The monoisotopic (exact) mass is 492 g/mol. The number of hydrogen-bond acceptors (Lipinski definition) is 7. The van der Waals surface area contributed by atoms with Gasteiger partial charge in [-0.2, -0.15) is 0 Å². The molecular formula is C19H32O7Sn. The summed E-state index contributed by atoms with van der Waals surface area (Å²) >= 11 is 0.149. The molecule has 0 aromatic rings. The van der Waals surface area contributed by atoms with E-state index in [1.165, 1.54) is 32.6 Å². The van der Waals surface area contributed by atoms with Gasteiger partial charge in [0.2, 0.25) is 0 Å². The molecule has 0 aliphatic heterocycles. The second-order valence-electron chi connectivity index (χ2n) is 5.94. The Hall–Kier alpha value is -1.25. The summed E-state index contributed by atoms with van der Waals surface area (Å²) in [6.07, 6.45) is 5.59. The van der Waals surface area contributed by atoms with Crippen LogP contribution in [0, 0.1) is 5.92 Å². The zero-order valence-electron chi connectivity index (χ0n) is 17.1. The van der Waals surface area contributed by atoms with E-state index in [1.54, 1.807) is 15.8 Å². The Morgan fingerprint density at radius 2 is 1.30 bits per heavy atom. The first kappa shape index (κ1) is 30.5. The molecule has 0 aromatic carbocycles. The van der Waals surface area contributed by atoms with Crippen LogP contribution in [0.2, 0.25) is 8.87 Å². The third kappa shape index (κ3) is 24.7. The number of rotatable bonds is 12. The molecule has 7 nitrogen and oxygen atoms in total. The van der Waals surface area contributed by atoms with Gasteiger partial charge in [0.05, 0.1) is 18.3 Å². The Labute approximate surface area is 172 Å². The van der Waals surface area contributed by atoms with Gasteiger partial charge < -0.3 is 19.8 Å². The number of ketones is 3. The second-order valence-corrected chi connectivity index (χ2v) is 10.2. The fourth-order valence-electron chi connectivity index (χ4n) is 1.65. The van der Waals surface area contributed by atoms with E-state index in [0.717, 1.165) is 6.92 Å². The number of carboxylic acids is 2. The Morgan fingerprint density at radius 3 is 1.44 bits per heavy atom. The van der Waals surface area contributed by atoms with Crippen LogP contribution < -0.4 is 10.2 Å². The molecule has 0 spiro atoms. The van der Waals surface area contributed by atoms with E-state index < -0.39 is 35.8 Å². The number of aliphatic carboxylic acids is 2. The van der Waals surface area contributed by atoms with Crippen molar-refractivity contribution in [1.82, 2.24) is 0 Å². The van der Waals surface area contributed by atoms with Gasteiger partial charge in [0, 0.05) is 0 Å². The van der Waals surface area contributed by atoms with Gasteiger partial charge in [-0.3, -0.25) is 14.4 Å². The van der Waals surface area contributed by atoms with Crippen molar-refractivity contribution in [3.8, 4) is 0 Å². The van der Waals surface area contributed by atoms with Crippen LogP contribution in [0.25, 0.3) is 0 Å². The first-order valence-corrected chi connectivity index (χ1v) is 13.2.